The summed E-state index contributed by atoms with van der Waals surface area (Å²) in [5.74, 6) is 0. The summed E-state index contributed by atoms with van der Waals surface area (Å²) in [5, 5.41) is 0. The Labute approximate surface area is 128 Å². The van der Waals surface area contributed by atoms with Crippen LogP contribution in [-0.2, 0) is 13.0 Å². The second kappa shape index (κ2) is 5.49. The maximum Gasteiger partial charge on any atom is 0.0464 e. The lowest BCUT2D eigenvalue weighted by atomic mass is 9.96. The Bertz CT molecular complexity index is 604. The number of hydrogen-bond donors (Lipinski definition) is 1. The van der Waals surface area contributed by atoms with Crippen LogP contribution in [0.1, 0.15) is 24.5 Å². The second-order valence-electron chi connectivity index (χ2n) is 5.45. The van der Waals surface area contributed by atoms with Crippen molar-refractivity contribution in [2.45, 2.75) is 32.4 Å². The molecule has 3 rings (SSSR count). The van der Waals surface area contributed by atoms with E-state index in [2.05, 4.69) is 58.1 Å². The fourth-order valence-electron chi connectivity index (χ4n) is 2.91. The number of anilines is 2. The van der Waals surface area contributed by atoms with Gasteiger partial charge in [0.1, 0.15) is 0 Å². The Balaban J connectivity index is 1.98. The largest absolute Gasteiger partial charge is 0.398 e. The van der Waals surface area contributed by atoms with Crippen LogP contribution in [0, 0.1) is 0 Å². The molecular formula is C17H19BrN2. The minimum atomic E-state index is 0.538. The van der Waals surface area contributed by atoms with E-state index in [-0.39, 0.29) is 0 Å². The van der Waals surface area contributed by atoms with Gasteiger partial charge in [-0.15, -0.1) is 0 Å². The van der Waals surface area contributed by atoms with Gasteiger partial charge in [0, 0.05) is 34.0 Å². The van der Waals surface area contributed by atoms with E-state index in [4.69, 9.17) is 5.73 Å². The third-order valence-electron chi connectivity index (χ3n) is 4.15. The Morgan fingerprint density at radius 3 is 2.80 bits per heavy atom. The first kappa shape index (κ1) is 13.5. The molecule has 0 aliphatic carbocycles. The highest BCUT2D eigenvalue weighted by Crippen LogP contribution is 2.34. The predicted octanol–water partition coefficient (Wildman–Crippen LogP) is 4.37. The molecule has 0 aromatic heterocycles. The van der Waals surface area contributed by atoms with E-state index in [1.165, 1.54) is 29.7 Å². The van der Waals surface area contributed by atoms with E-state index in [0.717, 1.165) is 16.7 Å². The van der Waals surface area contributed by atoms with Crippen molar-refractivity contribution >= 4 is 27.3 Å². The molecule has 0 amide bonds. The molecule has 0 bridgehead atoms. The first-order valence-corrected chi connectivity index (χ1v) is 7.83. The zero-order valence-corrected chi connectivity index (χ0v) is 13.2. The average Bonchev–Trinajstić information content (AvgIpc) is 2.45. The van der Waals surface area contributed by atoms with E-state index < -0.39 is 0 Å². The molecule has 1 heterocycles. The van der Waals surface area contributed by atoms with Crippen LogP contribution in [-0.4, -0.2) is 6.04 Å². The molecule has 0 saturated carbocycles. The van der Waals surface area contributed by atoms with Crippen molar-refractivity contribution < 1.29 is 0 Å². The number of halogens is 1. The molecular weight excluding hydrogens is 312 g/mol. The number of hydrogen-bond acceptors (Lipinski definition) is 2. The van der Waals surface area contributed by atoms with Crippen molar-refractivity contribution in [3.8, 4) is 0 Å². The van der Waals surface area contributed by atoms with Crippen molar-refractivity contribution in [1.82, 2.24) is 0 Å². The molecule has 1 aliphatic heterocycles. The molecule has 2 aromatic rings. The van der Waals surface area contributed by atoms with E-state index in [1.54, 1.807) is 0 Å². The van der Waals surface area contributed by atoms with Crippen molar-refractivity contribution in [3.05, 3.63) is 58.1 Å². The fourth-order valence-corrected chi connectivity index (χ4v) is 3.42. The van der Waals surface area contributed by atoms with E-state index in [1.807, 2.05) is 12.1 Å². The first-order chi connectivity index (χ1) is 9.66. The van der Waals surface area contributed by atoms with Crippen LogP contribution in [0.25, 0.3) is 0 Å². The van der Waals surface area contributed by atoms with Crippen LogP contribution in [0.15, 0.2) is 46.9 Å². The number of para-hydroxylation sites is 1. The van der Waals surface area contributed by atoms with Gasteiger partial charge in [-0.25, -0.2) is 0 Å². The molecule has 2 nitrogen and oxygen atoms in total. The van der Waals surface area contributed by atoms with Crippen LogP contribution in [0.3, 0.4) is 0 Å². The third kappa shape index (κ3) is 2.42. The van der Waals surface area contributed by atoms with Gasteiger partial charge < -0.3 is 10.6 Å². The van der Waals surface area contributed by atoms with Gasteiger partial charge in [-0.2, -0.15) is 0 Å². The Hall–Kier alpha value is -1.48. The highest BCUT2D eigenvalue weighted by molar-refractivity contribution is 9.10. The van der Waals surface area contributed by atoms with Gasteiger partial charge in [-0.3, -0.25) is 0 Å². The Kier molecular flexibility index (Phi) is 3.70. The van der Waals surface area contributed by atoms with Crippen LogP contribution < -0.4 is 10.6 Å². The maximum atomic E-state index is 6.15. The van der Waals surface area contributed by atoms with Crippen LogP contribution in [0.5, 0.6) is 0 Å². The van der Waals surface area contributed by atoms with Crippen LogP contribution >= 0.6 is 15.9 Å². The quantitative estimate of drug-likeness (QED) is 0.828. The number of nitrogen functional groups attached to an aromatic ring is 1. The van der Waals surface area contributed by atoms with Crippen LogP contribution in [0.2, 0.25) is 0 Å². The zero-order valence-electron chi connectivity index (χ0n) is 11.6. The van der Waals surface area contributed by atoms with E-state index in [9.17, 15) is 0 Å². The summed E-state index contributed by atoms with van der Waals surface area (Å²) in [7, 11) is 0. The zero-order chi connectivity index (χ0) is 14.1. The fraction of sp³-hybridized carbons (Fsp3) is 0.294. The third-order valence-corrected chi connectivity index (χ3v) is 4.89. The summed E-state index contributed by atoms with van der Waals surface area (Å²) >= 11 is 3.63. The summed E-state index contributed by atoms with van der Waals surface area (Å²) in [6, 6.07) is 15.3. The Morgan fingerprint density at radius 2 is 2.00 bits per heavy atom. The number of aryl methyl sites for hydroxylation is 1. The minimum absolute atomic E-state index is 0.538. The van der Waals surface area contributed by atoms with E-state index >= 15 is 0 Å². The molecule has 0 saturated heterocycles. The molecule has 0 radical (unpaired) electrons. The smallest absolute Gasteiger partial charge is 0.0464 e. The van der Waals surface area contributed by atoms with E-state index in [0.29, 0.717) is 6.04 Å². The summed E-state index contributed by atoms with van der Waals surface area (Å²) in [4.78, 5) is 2.47. The van der Waals surface area contributed by atoms with Crippen molar-refractivity contribution in [1.29, 1.82) is 0 Å². The van der Waals surface area contributed by atoms with Gasteiger partial charge in [0.15, 0.2) is 0 Å². The van der Waals surface area contributed by atoms with Crippen molar-refractivity contribution in [2.75, 3.05) is 10.6 Å². The van der Waals surface area contributed by atoms with Gasteiger partial charge in [0.2, 0.25) is 0 Å². The van der Waals surface area contributed by atoms with Crippen LogP contribution in [0.4, 0.5) is 11.4 Å². The summed E-state index contributed by atoms with van der Waals surface area (Å²) in [5.41, 5.74) is 11.0. The minimum Gasteiger partial charge on any atom is -0.398 e. The van der Waals surface area contributed by atoms with Gasteiger partial charge in [0.05, 0.1) is 0 Å². The molecule has 104 valence electrons. The lowest BCUT2D eigenvalue weighted by Crippen LogP contribution is -2.37. The van der Waals surface area contributed by atoms with Gasteiger partial charge >= 0.3 is 0 Å². The first-order valence-electron chi connectivity index (χ1n) is 7.04. The lowest BCUT2D eigenvalue weighted by molar-refractivity contribution is 0.560. The molecule has 0 fully saturated rings. The lowest BCUT2D eigenvalue weighted by Gasteiger charge is -2.37. The summed E-state index contributed by atoms with van der Waals surface area (Å²) < 4.78 is 1.09. The predicted molar refractivity (Wildman–Crippen MR) is 89.0 cm³/mol. The highest BCUT2D eigenvalue weighted by Gasteiger charge is 2.23. The molecule has 1 unspecified atom stereocenters. The molecule has 2 N–H and O–H groups in total. The maximum absolute atomic E-state index is 6.15. The SMILES string of the molecule is CC1CCc2ccccc2N1Cc1c(N)cccc1Br. The normalized spacial score (nSPS) is 17.9. The summed E-state index contributed by atoms with van der Waals surface area (Å²) in [6.45, 7) is 3.15. The summed E-state index contributed by atoms with van der Waals surface area (Å²) in [6.07, 6.45) is 2.36. The topological polar surface area (TPSA) is 29.3 Å². The Morgan fingerprint density at radius 1 is 1.20 bits per heavy atom. The van der Waals surface area contributed by atoms with Crippen molar-refractivity contribution in [2.24, 2.45) is 0 Å². The number of nitrogens with two attached hydrogens (primary N) is 1. The van der Waals surface area contributed by atoms with Gasteiger partial charge in [-0.05, 0) is 43.5 Å². The molecule has 0 spiro atoms. The standard InChI is InChI=1S/C17H19BrN2/c1-12-9-10-13-5-2-3-8-17(13)20(12)11-14-15(18)6-4-7-16(14)19/h2-8,12H,9-11,19H2,1H3. The number of benzene rings is 2. The number of fused-ring (bicyclic) bond motifs is 1. The number of rotatable bonds is 2. The molecule has 2 aromatic carbocycles. The second-order valence-corrected chi connectivity index (χ2v) is 6.31. The average molecular weight is 331 g/mol. The molecule has 1 atom stereocenters. The van der Waals surface area contributed by atoms with Crippen molar-refractivity contribution in [3.63, 3.8) is 0 Å². The highest BCUT2D eigenvalue weighted by atomic mass is 79.9. The monoisotopic (exact) mass is 330 g/mol. The molecule has 20 heavy (non-hydrogen) atoms. The van der Waals surface area contributed by atoms with Gasteiger partial charge in [-0.1, -0.05) is 40.2 Å². The molecule has 3 heteroatoms. The molecule has 1 aliphatic rings. The van der Waals surface area contributed by atoms with Gasteiger partial charge in [0.25, 0.3) is 0 Å². The number of nitrogens with zero attached hydrogens (tertiary/aromatic N) is 1.